The topological polar surface area (TPSA) is 88.4 Å². The Morgan fingerprint density at radius 3 is 2.48 bits per heavy atom. The maximum Gasteiger partial charge on any atom is 0.266 e. The first kappa shape index (κ1) is 28.0. The number of nitrogens with zero attached hydrogens (tertiary/aromatic N) is 2. The number of amides is 2. The Morgan fingerprint density at radius 1 is 1.00 bits per heavy atom. The summed E-state index contributed by atoms with van der Waals surface area (Å²) in [5.41, 5.74) is 1.29. The van der Waals surface area contributed by atoms with Gasteiger partial charge in [0.2, 0.25) is 5.90 Å². The van der Waals surface area contributed by atoms with E-state index in [0.29, 0.717) is 51.2 Å². The minimum Gasteiger partial charge on any atom is -0.494 e. The summed E-state index contributed by atoms with van der Waals surface area (Å²) >= 11 is 12.9. The number of ether oxygens (including phenoxy) is 2. The SMILES string of the molecule is O=C(c1ccccc1)N1C(=O)[C@]2(Cc3ccccc31)N=C(c1ccc(OCCCO)cc1)O[C@@H]2c1ccc(Cl)cc1Cl. The largest absolute Gasteiger partial charge is 0.494 e. The molecule has 2 atom stereocenters. The van der Waals surface area contributed by atoms with Gasteiger partial charge in [0.15, 0.2) is 11.6 Å². The fourth-order valence-corrected chi connectivity index (χ4v) is 5.85. The van der Waals surface area contributed by atoms with Crippen molar-refractivity contribution in [3.05, 3.63) is 129 Å². The van der Waals surface area contributed by atoms with E-state index in [-0.39, 0.29) is 18.9 Å². The molecule has 212 valence electrons. The first-order chi connectivity index (χ1) is 20.4. The van der Waals surface area contributed by atoms with Crippen LogP contribution in [0.2, 0.25) is 10.0 Å². The predicted octanol–water partition coefficient (Wildman–Crippen LogP) is 6.44. The summed E-state index contributed by atoms with van der Waals surface area (Å²) in [5.74, 6) is -0.0981. The van der Waals surface area contributed by atoms with Crippen LogP contribution in [0.15, 0.2) is 102 Å². The van der Waals surface area contributed by atoms with E-state index >= 15 is 0 Å². The Bertz CT molecular complexity index is 1680. The molecule has 2 heterocycles. The molecule has 2 amide bonds. The van der Waals surface area contributed by atoms with Crippen LogP contribution in [0.1, 0.15) is 39.6 Å². The molecule has 0 saturated heterocycles. The highest BCUT2D eigenvalue weighted by molar-refractivity contribution is 6.35. The monoisotopic (exact) mass is 600 g/mol. The van der Waals surface area contributed by atoms with Gasteiger partial charge in [-0.15, -0.1) is 0 Å². The molecular weight excluding hydrogens is 575 g/mol. The summed E-state index contributed by atoms with van der Waals surface area (Å²) in [5, 5.41) is 9.79. The second-order valence-corrected chi connectivity index (χ2v) is 10.9. The molecule has 1 spiro atoms. The number of benzene rings is 4. The van der Waals surface area contributed by atoms with Gasteiger partial charge in [-0.25, -0.2) is 9.89 Å². The van der Waals surface area contributed by atoms with E-state index in [2.05, 4.69) is 0 Å². The molecule has 6 rings (SSSR count). The van der Waals surface area contributed by atoms with E-state index in [9.17, 15) is 9.59 Å². The zero-order chi connectivity index (χ0) is 29.3. The number of carbonyl (C=O) groups excluding carboxylic acids is 2. The Kier molecular flexibility index (Phi) is 7.73. The number of aliphatic hydroxyl groups excluding tert-OH is 1. The van der Waals surface area contributed by atoms with Crippen LogP contribution in [-0.2, 0) is 16.0 Å². The molecule has 1 N–H and O–H groups in total. The molecular formula is C33H26Cl2N2O5. The number of rotatable bonds is 7. The number of anilines is 1. The molecule has 0 saturated carbocycles. The molecule has 0 fully saturated rings. The molecule has 42 heavy (non-hydrogen) atoms. The third-order valence-corrected chi connectivity index (χ3v) is 7.93. The minimum atomic E-state index is -1.53. The Labute approximate surface area is 252 Å². The van der Waals surface area contributed by atoms with Gasteiger partial charge < -0.3 is 14.6 Å². The van der Waals surface area contributed by atoms with Crippen molar-refractivity contribution in [3.8, 4) is 5.75 Å². The van der Waals surface area contributed by atoms with Crippen molar-refractivity contribution in [2.45, 2.75) is 24.5 Å². The fraction of sp³-hybridized carbons (Fsp3) is 0.182. The first-order valence-corrected chi connectivity index (χ1v) is 14.2. The van der Waals surface area contributed by atoms with Gasteiger partial charge in [-0.1, -0.05) is 65.7 Å². The second-order valence-electron chi connectivity index (χ2n) is 10.1. The van der Waals surface area contributed by atoms with Gasteiger partial charge in [0.05, 0.1) is 12.3 Å². The summed E-state index contributed by atoms with van der Waals surface area (Å²) in [7, 11) is 0. The van der Waals surface area contributed by atoms with Crippen LogP contribution in [0.3, 0.4) is 0 Å². The van der Waals surface area contributed by atoms with Gasteiger partial charge in [-0.3, -0.25) is 9.59 Å². The van der Waals surface area contributed by atoms with Crippen LogP contribution in [0.5, 0.6) is 5.75 Å². The molecule has 0 unspecified atom stereocenters. The number of para-hydroxylation sites is 1. The Hall–Kier alpha value is -4.17. The number of imide groups is 1. The molecule has 4 aromatic carbocycles. The van der Waals surface area contributed by atoms with E-state index in [1.54, 1.807) is 78.9 Å². The molecule has 0 bridgehead atoms. The number of hydrogen-bond donors (Lipinski definition) is 1. The molecule has 7 nitrogen and oxygen atoms in total. The zero-order valence-electron chi connectivity index (χ0n) is 22.4. The van der Waals surface area contributed by atoms with Crippen molar-refractivity contribution >= 4 is 46.6 Å². The van der Waals surface area contributed by atoms with Crippen molar-refractivity contribution in [2.75, 3.05) is 18.1 Å². The zero-order valence-corrected chi connectivity index (χ0v) is 23.9. The highest BCUT2D eigenvalue weighted by Crippen LogP contribution is 2.49. The summed E-state index contributed by atoms with van der Waals surface area (Å²) in [6.07, 6.45) is -0.230. The van der Waals surface area contributed by atoms with Gasteiger partial charge in [-0.05, 0) is 60.2 Å². The maximum absolute atomic E-state index is 14.7. The van der Waals surface area contributed by atoms with Gasteiger partial charge in [0.25, 0.3) is 11.8 Å². The number of aliphatic imine (C=N–C) groups is 1. The van der Waals surface area contributed by atoms with Crippen molar-refractivity contribution in [2.24, 2.45) is 4.99 Å². The van der Waals surface area contributed by atoms with Crippen molar-refractivity contribution in [1.82, 2.24) is 0 Å². The van der Waals surface area contributed by atoms with E-state index in [1.165, 1.54) is 4.90 Å². The van der Waals surface area contributed by atoms with E-state index in [4.69, 9.17) is 42.8 Å². The standard InChI is InChI=1S/C33H26Cl2N2O5/c34-24-13-16-26(27(35)19-24)29-33(36-30(42-29)21-11-14-25(15-12-21)41-18-6-17-38)20-23-9-4-5-10-28(23)37(32(33)40)31(39)22-7-2-1-3-8-22/h1-5,7-16,19,29,38H,6,17-18,20H2/t29-,33-/m1/s1. The lowest BCUT2D eigenvalue weighted by atomic mass is 9.78. The van der Waals surface area contributed by atoms with Gasteiger partial charge in [0, 0.05) is 46.2 Å². The molecule has 0 aromatic heterocycles. The highest BCUT2D eigenvalue weighted by atomic mass is 35.5. The minimum absolute atomic E-state index is 0.0421. The number of fused-ring (bicyclic) bond motifs is 1. The molecule has 2 aliphatic heterocycles. The fourth-order valence-electron chi connectivity index (χ4n) is 5.34. The molecule has 2 aliphatic rings. The quantitative estimate of drug-likeness (QED) is 0.195. The average molecular weight is 601 g/mol. The van der Waals surface area contributed by atoms with Crippen molar-refractivity contribution in [1.29, 1.82) is 0 Å². The average Bonchev–Trinajstić information content (AvgIpc) is 3.38. The summed E-state index contributed by atoms with van der Waals surface area (Å²) < 4.78 is 12.2. The van der Waals surface area contributed by atoms with E-state index in [0.717, 1.165) is 5.56 Å². The Morgan fingerprint density at radius 2 is 1.74 bits per heavy atom. The van der Waals surface area contributed by atoms with Crippen molar-refractivity contribution < 1.29 is 24.2 Å². The van der Waals surface area contributed by atoms with Gasteiger partial charge in [0.1, 0.15) is 5.75 Å². The number of hydrogen-bond acceptors (Lipinski definition) is 6. The summed E-state index contributed by atoms with van der Waals surface area (Å²) in [6, 6.07) is 28.1. The van der Waals surface area contributed by atoms with E-state index in [1.807, 2.05) is 18.2 Å². The van der Waals surface area contributed by atoms with Crippen LogP contribution >= 0.6 is 23.2 Å². The maximum atomic E-state index is 14.7. The normalized spacial score (nSPS) is 19.3. The smallest absolute Gasteiger partial charge is 0.266 e. The van der Waals surface area contributed by atoms with Crippen LogP contribution in [0.25, 0.3) is 0 Å². The molecule has 4 aromatic rings. The summed E-state index contributed by atoms with van der Waals surface area (Å²) in [4.78, 5) is 34.8. The predicted molar refractivity (Wildman–Crippen MR) is 162 cm³/mol. The number of aliphatic hydroxyl groups is 1. The second kappa shape index (κ2) is 11.6. The lowest BCUT2D eigenvalue weighted by Crippen LogP contribution is -2.57. The molecule has 0 aliphatic carbocycles. The number of halogens is 2. The van der Waals surface area contributed by atoms with Gasteiger partial charge in [-0.2, -0.15) is 0 Å². The van der Waals surface area contributed by atoms with Crippen LogP contribution in [-0.4, -0.2) is 41.6 Å². The van der Waals surface area contributed by atoms with Crippen LogP contribution in [0.4, 0.5) is 5.69 Å². The van der Waals surface area contributed by atoms with Crippen LogP contribution in [0, 0.1) is 0 Å². The van der Waals surface area contributed by atoms with Gasteiger partial charge >= 0.3 is 0 Å². The molecule has 9 heteroatoms. The molecule has 0 radical (unpaired) electrons. The highest BCUT2D eigenvalue weighted by Gasteiger charge is 2.59. The van der Waals surface area contributed by atoms with Crippen LogP contribution < -0.4 is 9.64 Å². The first-order valence-electron chi connectivity index (χ1n) is 13.5. The third-order valence-electron chi connectivity index (χ3n) is 7.37. The lowest BCUT2D eigenvalue weighted by molar-refractivity contribution is -0.126. The lowest BCUT2D eigenvalue weighted by Gasteiger charge is -2.40. The third kappa shape index (κ3) is 5.04. The summed E-state index contributed by atoms with van der Waals surface area (Å²) in [6.45, 7) is 0.424. The number of carbonyl (C=O) groups is 2. The van der Waals surface area contributed by atoms with E-state index < -0.39 is 23.5 Å². The van der Waals surface area contributed by atoms with Crippen molar-refractivity contribution in [3.63, 3.8) is 0 Å². The Balaban J connectivity index is 1.48.